The molecule has 0 spiro atoms. The highest BCUT2D eigenvalue weighted by Crippen LogP contribution is 2.30. The molecule has 0 saturated heterocycles. The Morgan fingerprint density at radius 2 is 2.15 bits per heavy atom. The summed E-state index contributed by atoms with van der Waals surface area (Å²) in [5, 5.41) is 3.52. The van der Waals surface area contributed by atoms with Crippen molar-refractivity contribution in [1.29, 1.82) is 0 Å². The highest BCUT2D eigenvalue weighted by molar-refractivity contribution is 7.84. The molecule has 3 nitrogen and oxygen atoms in total. The fourth-order valence-electron chi connectivity index (χ4n) is 2.10. The van der Waals surface area contributed by atoms with E-state index in [-0.39, 0.29) is 5.91 Å². The van der Waals surface area contributed by atoms with Crippen molar-refractivity contribution < 1.29 is 9.00 Å². The maximum Gasteiger partial charge on any atom is 0.261 e. The lowest BCUT2D eigenvalue weighted by molar-refractivity contribution is 0.0955. The molecule has 1 atom stereocenters. The van der Waals surface area contributed by atoms with Crippen molar-refractivity contribution >= 4 is 39.6 Å². The number of halogens is 1. The standard InChI is InChI=1S/C14H12ClNO2S2/c15-11-4-2-1-3-9(11)6-16-14(17)12-5-10-7-20(18)8-13(10)19-12/h1-5H,6-8H2,(H,16,17). The third-order valence-electron chi connectivity index (χ3n) is 3.13. The van der Waals surface area contributed by atoms with Gasteiger partial charge in [0.2, 0.25) is 0 Å². The van der Waals surface area contributed by atoms with Gasteiger partial charge in [0.15, 0.2) is 0 Å². The molecule has 104 valence electrons. The third-order valence-corrected chi connectivity index (χ3v) is 6.10. The molecule has 0 aliphatic carbocycles. The molecule has 1 N–H and O–H groups in total. The predicted octanol–water partition coefficient (Wildman–Crippen LogP) is 3.09. The van der Waals surface area contributed by atoms with E-state index >= 15 is 0 Å². The highest BCUT2D eigenvalue weighted by atomic mass is 35.5. The van der Waals surface area contributed by atoms with Crippen LogP contribution in [0.4, 0.5) is 0 Å². The molecule has 2 heterocycles. The van der Waals surface area contributed by atoms with E-state index in [0.717, 1.165) is 16.0 Å². The van der Waals surface area contributed by atoms with Gasteiger partial charge in [-0.3, -0.25) is 9.00 Å². The predicted molar refractivity (Wildman–Crippen MR) is 82.5 cm³/mol. The molecule has 1 amide bonds. The van der Waals surface area contributed by atoms with E-state index < -0.39 is 10.8 Å². The van der Waals surface area contributed by atoms with E-state index in [0.29, 0.717) is 28.0 Å². The van der Waals surface area contributed by atoms with Gasteiger partial charge in [0, 0.05) is 27.2 Å². The van der Waals surface area contributed by atoms with Crippen LogP contribution in [0, 0.1) is 0 Å². The zero-order valence-corrected chi connectivity index (χ0v) is 12.9. The van der Waals surface area contributed by atoms with Crippen LogP contribution < -0.4 is 5.32 Å². The Bertz CT molecular complexity index is 671. The molecule has 1 aromatic heterocycles. The SMILES string of the molecule is O=C(NCc1ccccc1Cl)c1cc2c(s1)CS(=O)C2. The second kappa shape index (κ2) is 5.68. The number of carbonyl (C=O) groups excluding carboxylic acids is 1. The summed E-state index contributed by atoms with van der Waals surface area (Å²) in [4.78, 5) is 13.9. The van der Waals surface area contributed by atoms with Gasteiger partial charge in [0.1, 0.15) is 0 Å². The Labute approximate surface area is 128 Å². The molecule has 0 bridgehead atoms. The van der Waals surface area contributed by atoms with Crippen LogP contribution in [0.2, 0.25) is 5.02 Å². The zero-order valence-electron chi connectivity index (χ0n) is 10.5. The third kappa shape index (κ3) is 2.80. The minimum Gasteiger partial charge on any atom is -0.347 e. The molecular weight excluding hydrogens is 314 g/mol. The van der Waals surface area contributed by atoms with Crippen LogP contribution in [0.25, 0.3) is 0 Å². The summed E-state index contributed by atoms with van der Waals surface area (Å²) in [6, 6.07) is 9.30. The topological polar surface area (TPSA) is 46.2 Å². The Morgan fingerprint density at radius 3 is 2.90 bits per heavy atom. The molecular formula is C14H12ClNO2S2. The van der Waals surface area contributed by atoms with Gasteiger partial charge in [0.05, 0.1) is 16.4 Å². The van der Waals surface area contributed by atoms with Crippen molar-refractivity contribution in [3.05, 3.63) is 56.2 Å². The number of amides is 1. The van der Waals surface area contributed by atoms with E-state index in [4.69, 9.17) is 11.6 Å². The Balaban J connectivity index is 1.67. The van der Waals surface area contributed by atoms with Crippen LogP contribution in [-0.4, -0.2) is 10.1 Å². The summed E-state index contributed by atoms with van der Waals surface area (Å²) in [7, 11) is -0.785. The Morgan fingerprint density at radius 1 is 1.35 bits per heavy atom. The second-order valence-corrected chi connectivity index (χ2v) is 7.56. The molecule has 0 radical (unpaired) electrons. The summed E-state index contributed by atoms with van der Waals surface area (Å²) in [5.41, 5.74) is 1.95. The van der Waals surface area contributed by atoms with Crippen LogP contribution >= 0.6 is 22.9 Å². The Kier molecular flexibility index (Phi) is 3.92. The summed E-state index contributed by atoms with van der Waals surface area (Å²) >= 11 is 7.48. The van der Waals surface area contributed by atoms with Gasteiger partial charge in [-0.2, -0.15) is 0 Å². The van der Waals surface area contributed by atoms with Gasteiger partial charge in [0.25, 0.3) is 5.91 Å². The summed E-state index contributed by atoms with van der Waals surface area (Å²) in [5.74, 6) is 1.05. The van der Waals surface area contributed by atoms with E-state index in [1.807, 2.05) is 24.3 Å². The first-order valence-corrected chi connectivity index (χ1v) is 8.80. The summed E-state index contributed by atoms with van der Waals surface area (Å²) in [6.07, 6.45) is 0. The molecule has 1 unspecified atom stereocenters. The molecule has 2 aromatic rings. The molecule has 0 saturated carbocycles. The van der Waals surface area contributed by atoms with Crippen molar-refractivity contribution in [2.45, 2.75) is 18.1 Å². The number of nitrogens with one attached hydrogen (secondary N) is 1. The van der Waals surface area contributed by atoms with E-state index in [1.165, 1.54) is 11.3 Å². The van der Waals surface area contributed by atoms with Gasteiger partial charge >= 0.3 is 0 Å². The number of hydrogen-bond donors (Lipinski definition) is 1. The molecule has 1 aromatic carbocycles. The average molecular weight is 326 g/mol. The zero-order chi connectivity index (χ0) is 14.1. The van der Waals surface area contributed by atoms with Crippen LogP contribution in [0.1, 0.15) is 25.7 Å². The molecule has 1 aliphatic heterocycles. The van der Waals surface area contributed by atoms with Crippen LogP contribution in [-0.2, 0) is 28.9 Å². The van der Waals surface area contributed by atoms with Crippen LogP contribution in [0.15, 0.2) is 30.3 Å². The lowest BCUT2D eigenvalue weighted by Crippen LogP contribution is -2.22. The van der Waals surface area contributed by atoms with Gasteiger partial charge in [-0.25, -0.2) is 0 Å². The van der Waals surface area contributed by atoms with Gasteiger partial charge in [-0.15, -0.1) is 11.3 Å². The average Bonchev–Trinajstić information content (AvgIpc) is 2.94. The minimum absolute atomic E-state index is 0.102. The number of rotatable bonds is 3. The second-order valence-electron chi connectivity index (χ2n) is 4.56. The monoisotopic (exact) mass is 325 g/mol. The van der Waals surface area contributed by atoms with Gasteiger partial charge in [-0.1, -0.05) is 29.8 Å². The quantitative estimate of drug-likeness (QED) is 0.942. The number of carbonyl (C=O) groups is 1. The van der Waals surface area contributed by atoms with Gasteiger partial charge in [-0.05, 0) is 23.3 Å². The Hall–Kier alpha value is -1.17. The molecule has 20 heavy (non-hydrogen) atoms. The maximum atomic E-state index is 12.1. The first-order valence-electron chi connectivity index (χ1n) is 6.11. The fourth-order valence-corrected chi connectivity index (χ4v) is 5.10. The molecule has 1 aliphatic rings. The van der Waals surface area contributed by atoms with E-state index in [2.05, 4.69) is 5.32 Å². The number of hydrogen-bond acceptors (Lipinski definition) is 3. The fraction of sp³-hybridized carbons (Fsp3) is 0.214. The van der Waals surface area contributed by atoms with Crippen molar-refractivity contribution in [3.63, 3.8) is 0 Å². The lowest BCUT2D eigenvalue weighted by atomic mass is 10.2. The van der Waals surface area contributed by atoms with Crippen LogP contribution in [0.5, 0.6) is 0 Å². The van der Waals surface area contributed by atoms with E-state index in [9.17, 15) is 9.00 Å². The molecule has 0 fully saturated rings. The summed E-state index contributed by atoms with van der Waals surface area (Å²) in [6.45, 7) is 0.410. The minimum atomic E-state index is -0.785. The number of thiophene rings is 1. The van der Waals surface area contributed by atoms with Crippen LogP contribution in [0.3, 0.4) is 0 Å². The number of fused-ring (bicyclic) bond motifs is 1. The normalized spacial score (nSPS) is 16.9. The largest absolute Gasteiger partial charge is 0.347 e. The highest BCUT2D eigenvalue weighted by Gasteiger charge is 2.22. The summed E-state index contributed by atoms with van der Waals surface area (Å²) < 4.78 is 11.4. The van der Waals surface area contributed by atoms with Crippen molar-refractivity contribution in [1.82, 2.24) is 5.32 Å². The number of benzene rings is 1. The van der Waals surface area contributed by atoms with Crippen molar-refractivity contribution in [3.8, 4) is 0 Å². The maximum absolute atomic E-state index is 12.1. The lowest BCUT2D eigenvalue weighted by Gasteiger charge is -2.05. The first-order chi connectivity index (χ1) is 9.63. The van der Waals surface area contributed by atoms with Crippen molar-refractivity contribution in [2.24, 2.45) is 0 Å². The molecule has 3 rings (SSSR count). The smallest absolute Gasteiger partial charge is 0.261 e. The molecule has 6 heteroatoms. The van der Waals surface area contributed by atoms with Gasteiger partial charge < -0.3 is 5.32 Å². The first kappa shape index (κ1) is 13.8. The van der Waals surface area contributed by atoms with E-state index in [1.54, 1.807) is 6.07 Å². The van der Waals surface area contributed by atoms with Crippen molar-refractivity contribution in [2.75, 3.05) is 0 Å².